The normalized spacial score (nSPS) is 21.8. The van der Waals surface area contributed by atoms with Gasteiger partial charge in [-0.15, -0.1) is 0 Å². The van der Waals surface area contributed by atoms with Gasteiger partial charge in [-0.05, 0) is 44.0 Å². The van der Waals surface area contributed by atoms with Gasteiger partial charge in [-0.2, -0.15) is 0 Å². The number of nitrogens with two attached hydrogens (primary N) is 1. The van der Waals surface area contributed by atoms with Crippen molar-refractivity contribution >= 4 is 5.91 Å². The van der Waals surface area contributed by atoms with Crippen molar-refractivity contribution in [2.24, 2.45) is 5.73 Å². The van der Waals surface area contributed by atoms with Gasteiger partial charge >= 0.3 is 0 Å². The number of hydrogen-bond donors (Lipinski definition) is 1. The van der Waals surface area contributed by atoms with Gasteiger partial charge in [0.05, 0.1) is 0 Å². The topological polar surface area (TPSA) is 49.6 Å². The molecule has 4 nitrogen and oxygen atoms in total. The molecule has 1 amide bonds. The van der Waals surface area contributed by atoms with Crippen LogP contribution in [0.25, 0.3) is 0 Å². The van der Waals surface area contributed by atoms with Gasteiger partial charge in [-0.1, -0.05) is 12.1 Å². The Morgan fingerprint density at radius 1 is 1.15 bits per heavy atom. The van der Waals surface area contributed by atoms with Crippen molar-refractivity contribution in [3.63, 3.8) is 0 Å². The van der Waals surface area contributed by atoms with Crippen molar-refractivity contribution in [2.75, 3.05) is 33.2 Å². The van der Waals surface area contributed by atoms with Crippen LogP contribution in [-0.2, 0) is 6.42 Å². The lowest BCUT2D eigenvalue weighted by Crippen LogP contribution is -2.47. The van der Waals surface area contributed by atoms with Crippen LogP contribution in [0.3, 0.4) is 0 Å². The van der Waals surface area contributed by atoms with Crippen LogP contribution in [-0.4, -0.2) is 54.5 Å². The van der Waals surface area contributed by atoms with Gasteiger partial charge in [0.1, 0.15) is 0 Å². The highest BCUT2D eigenvalue weighted by Gasteiger charge is 2.37. The zero-order valence-corrected chi connectivity index (χ0v) is 12.1. The summed E-state index contributed by atoms with van der Waals surface area (Å²) in [6, 6.07) is 8.00. The Bertz CT molecular complexity index is 485. The minimum absolute atomic E-state index is 0.0307. The largest absolute Gasteiger partial charge is 0.336 e. The molecule has 2 aliphatic rings. The number of benzene rings is 1. The Morgan fingerprint density at radius 2 is 1.75 bits per heavy atom. The number of piperazine rings is 1. The molecule has 0 aromatic heterocycles. The molecule has 108 valence electrons. The summed E-state index contributed by atoms with van der Waals surface area (Å²) in [7, 11) is 2.09. The van der Waals surface area contributed by atoms with E-state index in [2.05, 4.69) is 24.1 Å². The lowest BCUT2D eigenvalue weighted by molar-refractivity contribution is 0.0664. The van der Waals surface area contributed by atoms with Crippen LogP contribution in [0, 0.1) is 0 Å². The van der Waals surface area contributed by atoms with Crippen LogP contribution < -0.4 is 5.73 Å². The Hall–Kier alpha value is -1.39. The third kappa shape index (κ3) is 3.02. The van der Waals surface area contributed by atoms with Crippen molar-refractivity contribution in [2.45, 2.75) is 24.8 Å². The monoisotopic (exact) mass is 273 g/mol. The summed E-state index contributed by atoms with van der Waals surface area (Å²) in [6.07, 6.45) is 3.17. The molecule has 0 atom stereocenters. The molecule has 2 N–H and O–H groups in total. The molecule has 4 heteroatoms. The molecule has 0 bridgehead atoms. The first-order chi connectivity index (χ1) is 9.56. The van der Waals surface area contributed by atoms with E-state index in [0.29, 0.717) is 0 Å². The quantitative estimate of drug-likeness (QED) is 0.897. The summed E-state index contributed by atoms with van der Waals surface area (Å²) >= 11 is 0. The predicted octanol–water partition coefficient (Wildman–Crippen LogP) is 1.11. The van der Waals surface area contributed by atoms with E-state index in [1.54, 1.807) is 0 Å². The molecular formula is C16H23N3O. The lowest BCUT2D eigenvalue weighted by atomic mass is 10.0. The molecule has 0 unspecified atom stereocenters. The van der Waals surface area contributed by atoms with Crippen LogP contribution in [0.4, 0.5) is 0 Å². The fourth-order valence-corrected chi connectivity index (χ4v) is 2.70. The van der Waals surface area contributed by atoms with Gasteiger partial charge in [0.25, 0.3) is 5.91 Å². The summed E-state index contributed by atoms with van der Waals surface area (Å²) in [6.45, 7) is 3.56. The lowest BCUT2D eigenvalue weighted by Gasteiger charge is -2.32. The van der Waals surface area contributed by atoms with E-state index in [9.17, 15) is 4.79 Å². The first kappa shape index (κ1) is 13.6. The number of carbonyl (C=O) groups excluding carboxylic acids is 1. The molecular weight excluding hydrogens is 250 g/mol. The van der Waals surface area contributed by atoms with E-state index >= 15 is 0 Å². The van der Waals surface area contributed by atoms with Crippen molar-refractivity contribution in [3.8, 4) is 0 Å². The molecule has 0 radical (unpaired) electrons. The number of carbonyl (C=O) groups is 1. The molecule has 20 heavy (non-hydrogen) atoms. The molecule has 1 saturated carbocycles. The second kappa shape index (κ2) is 5.19. The van der Waals surface area contributed by atoms with E-state index in [-0.39, 0.29) is 11.4 Å². The number of likely N-dealkylation sites (N-methyl/N-ethyl adjacent to an activating group) is 1. The van der Waals surface area contributed by atoms with Crippen molar-refractivity contribution in [1.82, 2.24) is 9.80 Å². The standard InChI is InChI=1S/C16H23N3O/c1-18-8-10-19(11-9-18)15(20)14-4-2-13(3-5-14)12-16(17)6-7-16/h2-5H,6-12,17H2,1H3. The maximum Gasteiger partial charge on any atom is 0.253 e. The molecule has 2 fully saturated rings. The zero-order chi connectivity index (χ0) is 14.2. The highest BCUT2D eigenvalue weighted by molar-refractivity contribution is 5.94. The van der Waals surface area contributed by atoms with Gasteiger partial charge in [-0.3, -0.25) is 4.79 Å². The third-order valence-electron chi connectivity index (χ3n) is 4.44. The molecule has 1 heterocycles. The summed E-state index contributed by atoms with van der Waals surface area (Å²) in [5.41, 5.74) is 8.19. The summed E-state index contributed by atoms with van der Waals surface area (Å²) in [5, 5.41) is 0. The van der Waals surface area contributed by atoms with Crippen molar-refractivity contribution in [3.05, 3.63) is 35.4 Å². The third-order valence-corrected chi connectivity index (χ3v) is 4.44. The number of hydrogen-bond acceptors (Lipinski definition) is 3. The zero-order valence-electron chi connectivity index (χ0n) is 12.1. The Morgan fingerprint density at radius 3 is 2.30 bits per heavy atom. The molecule has 1 aliphatic carbocycles. The number of amides is 1. The summed E-state index contributed by atoms with van der Waals surface area (Å²) in [4.78, 5) is 16.6. The van der Waals surface area contributed by atoms with Crippen molar-refractivity contribution < 1.29 is 4.79 Å². The van der Waals surface area contributed by atoms with Crippen molar-refractivity contribution in [1.29, 1.82) is 0 Å². The second-order valence-electron chi connectivity index (χ2n) is 6.33. The van der Waals surface area contributed by atoms with E-state index in [4.69, 9.17) is 5.73 Å². The van der Waals surface area contributed by atoms with Crippen LogP contribution in [0.2, 0.25) is 0 Å². The van der Waals surface area contributed by atoms with Gasteiger partial charge in [0.15, 0.2) is 0 Å². The molecule has 3 rings (SSSR count). The highest BCUT2D eigenvalue weighted by atomic mass is 16.2. The number of rotatable bonds is 3. The minimum Gasteiger partial charge on any atom is -0.336 e. The smallest absolute Gasteiger partial charge is 0.253 e. The van der Waals surface area contributed by atoms with E-state index in [1.807, 2.05) is 17.0 Å². The highest BCUT2D eigenvalue weighted by Crippen LogP contribution is 2.35. The van der Waals surface area contributed by atoms with Gasteiger partial charge in [-0.25, -0.2) is 0 Å². The second-order valence-corrected chi connectivity index (χ2v) is 6.33. The Labute approximate surface area is 120 Å². The van der Waals surface area contributed by atoms with E-state index in [1.165, 1.54) is 5.56 Å². The summed E-state index contributed by atoms with van der Waals surface area (Å²) in [5.74, 6) is 0.151. The van der Waals surface area contributed by atoms with Crippen LogP contribution in [0.1, 0.15) is 28.8 Å². The van der Waals surface area contributed by atoms with Crippen LogP contribution in [0.15, 0.2) is 24.3 Å². The first-order valence-corrected chi connectivity index (χ1v) is 7.41. The molecule has 1 aromatic carbocycles. The van der Waals surface area contributed by atoms with E-state index < -0.39 is 0 Å². The molecule has 1 aliphatic heterocycles. The SMILES string of the molecule is CN1CCN(C(=O)c2ccc(CC3(N)CC3)cc2)CC1. The molecule has 1 aromatic rings. The minimum atomic E-state index is 0.0307. The van der Waals surface area contributed by atoms with Gasteiger partial charge < -0.3 is 15.5 Å². The van der Waals surface area contributed by atoms with Crippen LogP contribution >= 0.6 is 0 Å². The Kier molecular flexibility index (Phi) is 3.52. The fraction of sp³-hybridized carbons (Fsp3) is 0.562. The first-order valence-electron chi connectivity index (χ1n) is 7.41. The fourth-order valence-electron chi connectivity index (χ4n) is 2.70. The predicted molar refractivity (Wildman–Crippen MR) is 79.7 cm³/mol. The van der Waals surface area contributed by atoms with Gasteiger partial charge in [0.2, 0.25) is 0 Å². The Balaban J connectivity index is 1.63. The average Bonchev–Trinajstić information content (AvgIpc) is 3.17. The van der Waals surface area contributed by atoms with Crippen LogP contribution in [0.5, 0.6) is 0 Å². The maximum absolute atomic E-state index is 12.4. The van der Waals surface area contributed by atoms with E-state index in [0.717, 1.165) is 51.0 Å². The number of nitrogens with zero attached hydrogens (tertiary/aromatic N) is 2. The maximum atomic E-state index is 12.4. The average molecular weight is 273 g/mol. The van der Waals surface area contributed by atoms with Gasteiger partial charge in [0, 0.05) is 37.3 Å². The molecule has 1 saturated heterocycles. The summed E-state index contributed by atoms with van der Waals surface area (Å²) < 4.78 is 0. The molecule has 0 spiro atoms.